The Balaban J connectivity index is 1.25. The molecule has 0 radical (unpaired) electrons. The minimum atomic E-state index is -0.0763. The molecule has 4 heterocycles. The molecule has 1 saturated heterocycles. The molecule has 3 aromatic heterocycles. The Labute approximate surface area is 173 Å². The predicted octanol–water partition coefficient (Wildman–Crippen LogP) is 0.196. The van der Waals surface area contributed by atoms with Crippen molar-refractivity contribution in [2.24, 2.45) is 7.05 Å². The van der Waals surface area contributed by atoms with Gasteiger partial charge in [0.15, 0.2) is 5.65 Å². The quantitative estimate of drug-likeness (QED) is 0.610. The lowest BCUT2D eigenvalue weighted by molar-refractivity contribution is 0.241. The fourth-order valence-corrected chi connectivity index (χ4v) is 4.38. The molecule has 5 rings (SSSR count). The second kappa shape index (κ2) is 7.64. The zero-order valence-corrected chi connectivity index (χ0v) is 17.1. The summed E-state index contributed by atoms with van der Waals surface area (Å²) in [6, 6.07) is 5.27. The smallest absolute Gasteiger partial charge is 0.267 e. The zero-order valence-electron chi connectivity index (χ0n) is 17.1. The highest BCUT2D eigenvalue weighted by atomic mass is 16.1. The first-order valence-corrected chi connectivity index (χ1v) is 10.5. The summed E-state index contributed by atoms with van der Waals surface area (Å²) >= 11 is 0. The predicted molar refractivity (Wildman–Crippen MR) is 114 cm³/mol. The number of aryl methyl sites for hydroxylation is 2. The maximum Gasteiger partial charge on any atom is 0.267 e. The van der Waals surface area contributed by atoms with Crippen LogP contribution in [0.2, 0.25) is 0 Å². The van der Waals surface area contributed by atoms with Crippen LogP contribution in [-0.4, -0.2) is 61.9 Å². The second-order valence-corrected chi connectivity index (χ2v) is 8.01. The van der Waals surface area contributed by atoms with Crippen molar-refractivity contribution in [3.63, 3.8) is 0 Å². The first-order chi connectivity index (χ1) is 14.6. The highest BCUT2D eigenvalue weighted by Gasteiger charge is 2.22. The third-order valence-electron chi connectivity index (χ3n) is 6.13. The Morgan fingerprint density at radius 3 is 2.73 bits per heavy atom. The summed E-state index contributed by atoms with van der Waals surface area (Å²) in [6.45, 7) is 4.61. The summed E-state index contributed by atoms with van der Waals surface area (Å²) in [5.74, 6) is 0.655. The Morgan fingerprint density at radius 2 is 1.90 bits per heavy atom. The van der Waals surface area contributed by atoms with E-state index in [-0.39, 0.29) is 11.1 Å². The summed E-state index contributed by atoms with van der Waals surface area (Å²) in [5.41, 5.74) is 2.61. The zero-order chi connectivity index (χ0) is 20.7. The lowest BCUT2D eigenvalue weighted by Crippen LogP contribution is -2.49. The van der Waals surface area contributed by atoms with Crippen molar-refractivity contribution >= 4 is 17.0 Å². The van der Waals surface area contributed by atoms with Crippen LogP contribution in [0.3, 0.4) is 0 Å². The van der Waals surface area contributed by atoms with Gasteiger partial charge >= 0.3 is 0 Å². The van der Waals surface area contributed by atoms with E-state index in [1.54, 1.807) is 40.7 Å². The van der Waals surface area contributed by atoms with E-state index in [0.717, 1.165) is 63.2 Å². The fourth-order valence-electron chi connectivity index (χ4n) is 4.38. The molecule has 2 aliphatic rings. The highest BCUT2D eigenvalue weighted by molar-refractivity contribution is 5.74. The van der Waals surface area contributed by atoms with Gasteiger partial charge in [-0.25, -0.2) is 9.67 Å². The summed E-state index contributed by atoms with van der Waals surface area (Å²) in [5, 5.41) is 5.10. The van der Waals surface area contributed by atoms with Gasteiger partial charge in [0.1, 0.15) is 0 Å². The lowest BCUT2D eigenvalue weighted by atomic mass is 10.2. The number of nitrogens with zero attached hydrogens (tertiary/aromatic N) is 7. The number of pyridine rings is 1. The molecule has 3 aromatic rings. The van der Waals surface area contributed by atoms with Crippen LogP contribution in [0.5, 0.6) is 0 Å². The van der Waals surface area contributed by atoms with Crippen molar-refractivity contribution in [2.45, 2.75) is 25.8 Å². The van der Waals surface area contributed by atoms with Gasteiger partial charge in [-0.15, -0.1) is 0 Å². The van der Waals surface area contributed by atoms with E-state index in [1.807, 2.05) is 0 Å². The molecule has 0 amide bonds. The van der Waals surface area contributed by atoms with Crippen molar-refractivity contribution in [1.29, 1.82) is 0 Å². The molecule has 0 atom stereocenters. The molecular formula is C21H25N7O2. The number of hydrogen-bond donors (Lipinski definition) is 0. The van der Waals surface area contributed by atoms with Crippen molar-refractivity contribution in [1.82, 2.24) is 29.2 Å². The monoisotopic (exact) mass is 407 g/mol. The van der Waals surface area contributed by atoms with Gasteiger partial charge in [-0.05, 0) is 37.0 Å². The molecule has 0 spiro atoms. The van der Waals surface area contributed by atoms with Crippen LogP contribution in [0.15, 0.2) is 34.0 Å². The second-order valence-electron chi connectivity index (χ2n) is 8.01. The molecule has 1 aliphatic carbocycles. The van der Waals surface area contributed by atoms with E-state index < -0.39 is 0 Å². The molecule has 1 aliphatic heterocycles. The number of piperazine rings is 1. The number of hydrogen-bond acceptors (Lipinski definition) is 7. The van der Waals surface area contributed by atoms with Crippen LogP contribution >= 0.6 is 0 Å². The van der Waals surface area contributed by atoms with Crippen molar-refractivity contribution in [3.05, 3.63) is 56.4 Å². The minimum Gasteiger partial charge on any atom is -0.340 e. The van der Waals surface area contributed by atoms with Gasteiger partial charge in [0.2, 0.25) is 5.95 Å². The molecule has 0 bridgehead atoms. The Morgan fingerprint density at radius 1 is 1.07 bits per heavy atom. The van der Waals surface area contributed by atoms with Gasteiger partial charge in [-0.1, -0.05) is 0 Å². The largest absolute Gasteiger partial charge is 0.340 e. The summed E-state index contributed by atoms with van der Waals surface area (Å²) < 4.78 is 3.21. The van der Waals surface area contributed by atoms with Crippen LogP contribution in [0.1, 0.15) is 17.7 Å². The molecule has 30 heavy (non-hydrogen) atoms. The van der Waals surface area contributed by atoms with Gasteiger partial charge in [0.05, 0.1) is 17.6 Å². The summed E-state index contributed by atoms with van der Waals surface area (Å²) in [6.07, 6.45) is 4.70. The summed E-state index contributed by atoms with van der Waals surface area (Å²) in [4.78, 5) is 38.3. The van der Waals surface area contributed by atoms with Gasteiger partial charge < -0.3 is 4.90 Å². The van der Waals surface area contributed by atoms with Crippen LogP contribution < -0.4 is 16.0 Å². The Hall–Kier alpha value is -3.07. The number of anilines is 1. The van der Waals surface area contributed by atoms with Crippen LogP contribution in [0.25, 0.3) is 11.0 Å². The maximum absolute atomic E-state index is 12.6. The first-order valence-electron chi connectivity index (χ1n) is 10.5. The Bertz CT molecular complexity index is 1210. The number of aromatic nitrogens is 5. The summed E-state index contributed by atoms with van der Waals surface area (Å²) in [7, 11) is 1.76. The third-order valence-corrected chi connectivity index (χ3v) is 6.13. The molecular weight excluding hydrogens is 382 g/mol. The van der Waals surface area contributed by atoms with Crippen molar-refractivity contribution in [2.75, 3.05) is 37.6 Å². The Kier molecular flexibility index (Phi) is 4.82. The molecule has 156 valence electrons. The maximum atomic E-state index is 12.6. The first kappa shape index (κ1) is 18.9. The van der Waals surface area contributed by atoms with E-state index >= 15 is 0 Å². The van der Waals surface area contributed by atoms with E-state index in [1.165, 1.54) is 0 Å². The van der Waals surface area contributed by atoms with E-state index in [0.29, 0.717) is 23.5 Å². The molecule has 0 saturated carbocycles. The van der Waals surface area contributed by atoms with Crippen LogP contribution in [-0.2, 0) is 26.4 Å². The molecule has 0 N–H and O–H groups in total. The SMILES string of the molecule is Cn1c(N2CCN(CCn3nc4c(cc3=O)CCC4)CC2)nc2ncccc2c1=O. The van der Waals surface area contributed by atoms with Gasteiger partial charge in [0, 0.05) is 52.0 Å². The highest BCUT2D eigenvalue weighted by Crippen LogP contribution is 2.17. The standard InChI is InChI=1S/C21H25N7O2/c1-25-20(30)16-5-3-7-22-19(16)23-21(25)27-11-8-26(9-12-27)10-13-28-18(29)14-15-4-2-6-17(15)24-28/h3,5,7,14H,2,4,6,8-13H2,1H3. The van der Waals surface area contributed by atoms with E-state index in [4.69, 9.17) is 0 Å². The van der Waals surface area contributed by atoms with Crippen molar-refractivity contribution in [3.8, 4) is 0 Å². The molecule has 0 aromatic carbocycles. The topological polar surface area (TPSA) is 89.2 Å². The number of fused-ring (bicyclic) bond motifs is 2. The molecule has 9 heteroatoms. The fraction of sp³-hybridized carbons (Fsp3) is 0.476. The molecule has 1 fully saturated rings. The number of rotatable bonds is 4. The molecule has 0 unspecified atom stereocenters. The van der Waals surface area contributed by atoms with Gasteiger partial charge in [-0.2, -0.15) is 10.1 Å². The van der Waals surface area contributed by atoms with Crippen LogP contribution in [0.4, 0.5) is 5.95 Å². The minimum absolute atomic E-state index is 0.00264. The third kappa shape index (κ3) is 3.39. The van der Waals surface area contributed by atoms with Crippen LogP contribution in [0, 0.1) is 0 Å². The van der Waals surface area contributed by atoms with Gasteiger partial charge in [0.25, 0.3) is 11.1 Å². The van der Waals surface area contributed by atoms with Gasteiger partial charge in [-0.3, -0.25) is 19.1 Å². The normalized spacial score (nSPS) is 16.9. The average molecular weight is 407 g/mol. The average Bonchev–Trinajstić information content (AvgIpc) is 3.22. The van der Waals surface area contributed by atoms with Crippen molar-refractivity contribution < 1.29 is 0 Å². The lowest BCUT2D eigenvalue weighted by Gasteiger charge is -2.35. The molecule has 9 nitrogen and oxygen atoms in total. The van der Waals surface area contributed by atoms with E-state index in [9.17, 15) is 9.59 Å². The van der Waals surface area contributed by atoms with E-state index in [2.05, 4.69) is 24.9 Å².